The maximum atomic E-state index is 12.6. The second-order valence-electron chi connectivity index (χ2n) is 4.74. The minimum Gasteiger partial charge on any atom is -0.447 e. The molecule has 1 heterocycles. The van der Waals surface area contributed by atoms with Crippen molar-refractivity contribution in [2.45, 2.75) is 39.0 Å². The molecule has 1 fully saturated rings. The molecule has 1 unspecified atom stereocenters. The second kappa shape index (κ2) is 6.55. The van der Waals surface area contributed by atoms with Crippen molar-refractivity contribution in [2.75, 3.05) is 6.61 Å². The van der Waals surface area contributed by atoms with Crippen LogP contribution in [0.4, 0.5) is 4.79 Å². The van der Waals surface area contributed by atoms with Gasteiger partial charge in [0.05, 0.1) is 6.04 Å². The predicted molar refractivity (Wildman–Crippen MR) is 76.2 cm³/mol. The van der Waals surface area contributed by atoms with Crippen molar-refractivity contribution in [2.24, 2.45) is 5.92 Å². The molecule has 2 rings (SSSR count). The summed E-state index contributed by atoms with van der Waals surface area (Å²) < 4.78 is 42.3. The third-order valence-electron chi connectivity index (χ3n) is 3.20. The number of hydrogen-bond donors (Lipinski definition) is 0. The molecule has 0 aliphatic carbocycles. The molecule has 1 aliphatic rings. The van der Waals surface area contributed by atoms with Crippen molar-refractivity contribution in [3.05, 3.63) is 35.9 Å². The van der Waals surface area contributed by atoms with Gasteiger partial charge in [0.2, 0.25) is 5.91 Å². The van der Waals surface area contributed by atoms with Crippen LogP contribution in [0.2, 0.25) is 0 Å². The van der Waals surface area contributed by atoms with Gasteiger partial charge in [-0.15, -0.1) is 0 Å². The fraction of sp³-hybridized carbons (Fsp3) is 0.500. The molecule has 0 radical (unpaired) electrons. The molecular formula is C16H21NO3. The molecule has 20 heavy (non-hydrogen) atoms. The van der Waals surface area contributed by atoms with E-state index < -0.39 is 50.5 Å². The number of amides is 2. The summed E-state index contributed by atoms with van der Waals surface area (Å²) in [6.45, 7) is -3.03. The highest BCUT2D eigenvalue weighted by Crippen LogP contribution is 2.20. The first-order valence-electron chi connectivity index (χ1n) is 9.34. The van der Waals surface area contributed by atoms with Gasteiger partial charge >= 0.3 is 6.09 Å². The summed E-state index contributed by atoms with van der Waals surface area (Å²) in [4.78, 5) is 25.5. The zero-order valence-corrected chi connectivity index (χ0v) is 11.1. The third kappa shape index (κ3) is 3.38. The molecular weight excluding hydrogens is 254 g/mol. The van der Waals surface area contributed by atoms with Crippen molar-refractivity contribution in [1.29, 1.82) is 0 Å². The maximum Gasteiger partial charge on any atom is 0.416 e. The molecule has 0 spiro atoms. The van der Waals surface area contributed by atoms with Crippen molar-refractivity contribution in [3.63, 3.8) is 0 Å². The lowest BCUT2D eigenvalue weighted by atomic mass is 10.0. The van der Waals surface area contributed by atoms with E-state index in [2.05, 4.69) is 0 Å². The third-order valence-corrected chi connectivity index (χ3v) is 3.20. The number of hydrogen-bond acceptors (Lipinski definition) is 3. The summed E-state index contributed by atoms with van der Waals surface area (Å²) in [6, 6.07) is 8.85. The Hall–Kier alpha value is -1.84. The summed E-state index contributed by atoms with van der Waals surface area (Å²) in [5.74, 6) is -1.74. The quantitative estimate of drug-likeness (QED) is 0.833. The SMILES string of the molecule is [2H]C([2H])C([2H])[C@@H](CC(=O)N1C(=O)OC[C@H]1Cc1ccccc1)C([2H])[2H]. The summed E-state index contributed by atoms with van der Waals surface area (Å²) in [5, 5.41) is 0. The molecule has 1 aromatic carbocycles. The van der Waals surface area contributed by atoms with Crippen LogP contribution in [0.15, 0.2) is 30.3 Å². The van der Waals surface area contributed by atoms with Crippen LogP contribution >= 0.6 is 0 Å². The van der Waals surface area contributed by atoms with Crippen LogP contribution in [0.3, 0.4) is 0 Å². The monoisotopic (exact) mass is 280 g/mol. The van der Waals surface area contributed by atoms with Crippen molar-refractivity contribution in [3.8, 4) is 0 Å². The molecule has 4 nitrogen and oxygen atoms in total. The normalized spacial score (nSPS) is 25.3. The highest BCUT2D eigenvalue weighted by atomic mass is 16.6. The van der Waals surface area contributed by atoms with Gasteiger partial charge in [-0.2, -0.15) is 0 Å². The Morgan fingerprint density at radius 1 is 1.55 bits per heavy atom. The summed E-state index contributed by atoms with van der Waals surface area (Å²) in [6.07, 6.45) is -2.11. The molecule has 1 saturated heterocycles. The number of benzene rings is 1. The number of cyclic esters (lactones) is 1. The van der Waals surface area contributed by atoms with Gasteiger partial charge in [-0.1, -0.05) is 50.5 Å². The number of rotatable bonds is 5. The van der Waals surface area contributed by atoms with E-state index >= 15 is 0 Å². The van der Waals surface area contributed by atoms with Gasteiger partial charge in [0.25, 0.3) is 0 Å². The lowest BCUT2D eigenvalue weighted by molar-refractivity contribution is -0.130. The molecule has 2 amide bonds. The summed E-state index contributed by atoms with van der Waals surface area (Å²) in [7, 11) is 0. The standard InChI is InChI=1S/C16H21NO3/c1-3-12(2)9-15(18)17-14(11-20-16(17)19)10-13-7-5-4-6-8-13/h4-8,12,14H,3,9-11H2,1-2H3/t12-,14+/m0/s1/i1D2,2D2,3D/t3?,12-,14+. The Morgan fingerprint density at radius 2 is 2.35 bits per heavy atom. The summed E-state index contributed by atoms with van der Waals surface area (Å²) in [5.41, 5.74) is 0.940. The molecule has 1 aliphatic heterocycles. The molecule has 4 heteroatoms. The Morgan fingerprint density at radius 3 is 3.05 bits per heavy atom. The van der Waals surface area contributed by atoms with Gasteiger partial charge in [-0.25, -0.2) is 9.69 Å². The Labute approximate surface area is 126 Å². The van der Waals surface area contributed by atoms with Gasteiger partial charge < -0.3 is 4.74 Å². The zero-order chi connectivity index (χ0) is 18.6. The molecule has 0 N–H and O–H groups in total. The first-order valence-corrected chi connectivity index (χ1v) is 6.45. The van der Waals surface area contributed by atoms with Gasteiger partial charge in [-0.3, -0.25) is 4.79 Å². The Balaban J connectivity index is 2.10. The number of carbonyl (C=O) groups is 2. The highest BCUT2D eigenvalue weighted by Gasteiger charge is 2.37. The molecule has 0 bridgehead atoms. The van der Waals surface area contributed by atoms with Crippen LogP contribution in [0.1, 0.15) is 39.0 Å². The molecule has 3 atom stereocenters. The zero-order valence-electron chi connectivity index (χ0n) is 16.1. The lowest BCUT2D eigenvalue weighted by Crippen LogP contribution is -2.40. The van der Waals surface area contributed by atoms with Crippen molar-refractivity contribution < 1.29 is 21.2 Å². The van der Waals surface area contributed by atoms with E-state index in [9.17, 15) is 9.59 Å². The molecule has 0 saturated carbocycles. The van der Waals surface area contributed by atoms with E-state index in [4.69, 9.17) is 11.6 Å². The van der Waals surface area contributed by atoms with Crippen molar-refractivity contribution in [1.82, 2.24) is 4.90 Å². The minimum absolute atomic E-state index is 0.0686. The Bertz CT molecular complexity index is 599. The first kappa shape index (κ1) is 9.16. The van der Waals surface area contributed by atoms with E-state index in [-0.39, 0.29) is 6.61 Å². The van der Waals surface area contributed by atoms with Crippen LogP contribution in [-0.2, 0) is 16.0 Å². The molecule has 108 valence electrons. The number of carbonyl (C=O) groups excluding carboxylic acids is 2. The van der Waals surface area contributed by atoms with E-state index in [1.807, 2.05) is 30.3 Å². The van der Waals surface area contributed by atoms with E-state index in [0.717, 1.165) is 10.5 Å². The maximum absolute atomic E-state index is 12.6. The van der Waals surface area contributed by atoms with Crippen LogP contribution in [0, 0.1) is 5.92 Å². The second-order valence-corrected chi connectivity index (χ2v) is 4.74. The molecule has 1 aromatic rings. The van der Waals surface area contributed by atoms with Gasteiger partial charge in [0.15, 0.2) is 0 Å². The summed E-state index contributed by atoms with van der Waals surface area (Å²) >= 11 is 0. The van der Waals surface area contributed by atoms with E-state index in [0.29, 0.717) is 6.42 Å². The first-order chi connectivity index (χ1) is 11.8. The van der Waals surface area contributed by atoms with Gasteiger partial charge in [-0.05, 0) is 17.9 Å². The van der Waals surface area contributed by atoms with E-state index in [1.54, 1.807) is 0 Å². The average molecular weight is 280 g/mol. The van der Waals surface area contributed by atoms with Crippen LogP contribution < -0.4 is 0 Å². The van der Waals surface area contributed by atoms with Crippen LogP contribution in [0.25, 0.3) is 0 Å². The topological polar surface area (TPSA) is 46.6 Å². The van der Waals surface area contributed by atoms with Gasteiger partial charge in [0.1, 0.15) is 6.61 Å². The van der Waals surface area contributed by atoms with Crippen LogP contribution in [0.5, 0.6) is 0 Å². The fourth-order valence-electron chi connectivity index (χ4n) is 2.17. The Kier molecular flexibility index (Phi) is 3.00. The largest absolute Gasteiger partial charge is 0.447 e. The fourth-order valence-corrected chi connectivity index (χ4v) is 2.17. The smallest absolute Gasteiger partial charge is 0.416 e. The van der Waals surface area contributed by atoms with Crippen molar-refractivity contribution >= 4 is 12.0 Å². The number of imide groups is 1. The number of ether oxygens (including phenoxy) is 1. The average Bonchev–Trinajstić information content (AvgIpc) is 2.93. The number of nitrogens with zero attached hydrogens (tertiary/aromatic N) is 1. The predicted octanol–water partition coefficient (Wildman–Crippen LogP) is 3.01. The lowest BCUT2D eigenvalue weighted by Gasteiger charge is -2.21. The molecule has 0 aromatic heterocycles. The van der Waals surface area contributed by atoms with Gasteiger partial charge in [0, 0.05) is 13.3 Å². The highest BCUT2D eigenvalue weighted by molar-refractivity contribution is 5.93. The minimum atomic E-state index is -1.57. The van der Waals surface area contributed by atoms with E-state index in [1.165, 1.54) is 0 Å². The van der Waals surface area contributed by atoms with Crippen LogP contribution in [-0.4, -0.2) is 29.5 Å².